The molecular formula is C18H21N3O4. The van der Waals surface area contributed by atoms with Gasteiger partial charge >= 0.3 is 0 Å². The molecule has 2 aliphatic heterocycles. The second kappa shape index (κ2) is 6.78. The maximum absolute atomic E-state index is 12.5. The van der Waals surface area contributed by atoms with Crippen LogP contribution in [0.1, 0.15) is 16.1 Å². The van der Waals surface area contributed by atoms with E-state index in [1.807, 2.05) is 18.2 Å². The summed E-state index contributed by atoms with van der Waals surface area (Å²) in [6.07, 6.45) is 1.16. The number of benzene rings is 1. The summed E-state index contributed by atoms with van der Waals surface area (Å²) in [5.74, 6) is 1.45. The zero-order chi connectivity index (χ0) is 17.2. The molecule has 7 nitrogen and oxygen atoms in total. The van der Waals surface area contributed by atoms with E-state index in [1.54, 1.807) is 23.2 Å². The first kappa shape index (κ1) is 16.0. The number of fused-ring (bicyclic) bond motifs is 1. The van der Waals surface area contributed by atoms with Crippen molar-refractivity contribution in [1.82, 2.24) is 14.8 Å². The Morgan fingerprint density at radius 2 is 2.08 bits per heavy atom. The van der Waals surface area contributed by atoms with Gasteiger partial charge in [-0.2, -0.15) is 0 Å². The Morgan fingerprint density at radius 3 is 2.92 bits per heavy atom. The fourth-order valence-electron chi connectivity index (χ4n) is 3.31. The number of hydrogen-bond acceptors (Lipinski definition) is 5. The second-order valence-corrected chi connectivity index (χ2v) is 6.41. The molecule has 132 valence electrons. The molecule has 1 atom stereocenters. The molecule has 1 amide bonds. The Hall–Kier alpha value is -2.51. The van der Waals surface area contributed by atoms with Gasteiger partial charge in [0.1, 0.15) is 5.69 Å². The summed E-state index contributed by atoms with van der Waals surface area (Å²) in [4.78, 5) is 19.3. The highest BCUT2D eigenvalue weighted by molar-refractivity contribution is 5.92. The largest absolute Gasteiger partial charge is 0.454 e. The smallest absolute Gasteiger partial charge is 0.270 e. The first-order valence-corrected chi connectivity index (χ1v) is 8.40. The normalized spacial score (nSPS) is 20.5. The fourth-order valence-corrected chi connectivity index (χ4v) is 3.31. The average Bonchev–Trinajstić information content (AvgIpc) is 3.25. The molecule has 4 rings (SSSR count). The number of hydrogen-bond donors (Lipinski definition) is 2. The lowest BCUT2D eigenvalue weighted by molar-refractivity contribution is 0.0658. The van der Waals surface area contributed by atoms with Gasteiger partial charge in [-0.3, -0.25) is 9.69 Å². The summed E-state index contributed by atoms with van der Waals surface area (Å²) >= 11 is 0. The Balaban J connectivity index is 1.42. The Labute approximate surface area is 145 Å². The molecule has 0 spiro atoms. The van der Waals surface area contributed by atoms with E-state index in [1.165, 1.54) is 0 Å². The van der Waals surface area contributed by atoms with Gasteiger partial charge in [-0.05, 0) is 29.8 Å². The highest BCUT2D eigenvalue weighted by Gasteiger charge is 2.26. The molecule has 1 saturated heterocycles. The van der Waals surface area contributed by atoms with E-state index < -0.39 is 6.10 Å². The van der Waals surface area contributed by atoms with Crippen molar-refractivity contribution in [2.45, 2.75) is 12.6 Å². The van der Waals surface area contributed by atoms with Crippen LogP contribution in [0.3, 0.4) is 0 Å². The Bertz CT molecular complexity index is 747. The van der Waals surface area contributed by atoms with Gasteiger partial charge in [-0.1, -0.05) is 6.07 Å². The number of carbonyl (C=O) groups excluding carboxylic acids is 1. The van der Waals surface area contributed by atoms with Crippen molar-refractivity contribution in [3.05, 3.63) is 47.8 Å². The zero-order valence-electron chi connectivity index (χ0n) is 13.9. The number of nitrogens with zero attached hydrogens (tertiary/aromatic N) is 2. The number of β-amino-alcohol motifs (C(OH)–C–C–N with tert-alkyl or cyclic N) is 1. The van der Waals surface area contributed by atoms with Crippen LogP contribution in [0.2, 0.25) is 0 Å². The summed E-state index contributed by atoms with van der Waals surface area (Å²) < 4.78 is 10.8. The van der Waals surface area contributed by atoms with Gasteiger partial charge in [0, 0.05) is 38.9 Å². The first-order chi connectivity index (χ1) is 12.2. The lowest BCUT2D eigenvalue weighted by atomic mass is 10.2. The van der Waals surface area contributed by atoms with Crippen LogP contribution in [-0.2, 0) is 6.54 Å². The quantitative estimate of drug-likeness (QED) is 0.871. The molecular weight excluding hydrogens is 322 g/mol. The van der Waals surface area contributed by atoms with Gasteiger partial charge < -0.3 is 24.5 Å². The van der Waals surface area contributed by atoms with Gasteiger partial charge in [0.2, 0.25) is 6.79 Å². The van der Waals surface area contributed by atoms with Crippen molar-refractivity contribution in [3.63, 3.8) is 0 Å². The third-order valence-corrected chi connectivity index (χ3v) is 4.54. The van der Waals surface area contributed by atoms with Crippen molar-refractivity contribution in [3.8, 4) is 11.5 Å². The van der Waals surface area contributed by atoms with Gasteiger partial charge in [-0.15, -0.1) is 0 Å². The highest BCUT2D eigenvalue weighted by atomic mass is 16.7. The fraction of sp³-hybridized carbons (Fsp3) is 0.389. The number of H-pyrrole nitrogens is 1. The van der Waals surface area contributed by atoms with Crippen molar-refractivity contribution >= 4 is 5.91 Å². The molecule has 1 aromatic heterocycles. The summed E-state index contributed by atoms with van der Waals surface area (Å²) in [6, 6.07) is 9.44. The number of aromatic amines is 1. The predicted molar refractivity (Wildman–Crippen MR) is 90.5 cm³/mol. The molecule has 0 bridgehead atoms. The van der Waals surface area contributed by atoms with E-state index in [0.29, 0.717) is 38.4 Å². The van der Waals surface area contributed by atoms with E-state index in [4.69, 9.17) is 9.47 Å². The minimum atomic E-state index is -0.574. The molecule has 2 N–H and O–H groups in total. The SMILES string of the molecule is O=C(c1ccc[nH]1)N1CCN(Cc2ccc3c(c2)OCO3)CC(O)C1. The average molecular weight is 343 g/mol. The molecule has 2 aliphatic rings. The highest BCUT2D eigenvalue weighted by Crippen LogP contribution is 2.32. The van der Waals surface area contributed by atoms with E-state index in [0.717, 1.165) is 17.1 Å². The first-order valence-electron chi connectivity index (χ1n) is 8.40. The molecule has 1 fully saturated rings. The van der Waals surface area contributed by atoms with Crippen LogP contribution >= 0.6 is 0 Å². The van der Waals surface area contributed by atoms with E-state index in [2.05, 4.69) is 9.88 Å². The van der Waals surface area contributed by atoms with Crippen LogP contribution in [0, 0.1) is 0 Å². The van der Waals surface area contributed by atoms with Crippen molar-refractivity contribution in [2.75, 3.05) is 33.0 Å². The topological polar surface area (TPSA) is 78.0 Å². The van der Waals surface area contributed by atoms with Gasteiger partial charge in [-0.25, -0.2) is 0 Å². The van der Waals surface area contributed by atoms with Crippen molar-refractivity contribution in [2.24, 2.45) is 0 Å². The van der Waals surface area contributed by atoms with Crippen LogP contribution in [0.4, 0.5) is 0 Å². The van der Waals surface area contributed by atoms with Crippen LogP contribution in [0.25, 0.3) is 0 Å². The van der Waals surface area contributed by atoms with E-state index in [-0.39, 0.29) is 12.7 Å². The number of aliphatic hydroxyl groups excluding tert-OH is 1. The summed E-state index contributed by atoms with van der Waals surface area (Å²) in [7, 11) is 0. The third-order valence-electron chi connectivity index (χ3n) is 4.54. The molecule has 25 heavy (non-hydrogen) atoms. The van der Waals surface area contributed by atoms with Crippen molar-refractivity contribution < 1.29 is 19.4 Å². The molecule has 0 aliphatic carbocycles. The third kappa shape index (κ3) is 3.47. The lowest BCUT2D eigenvalue weighted by Crippen LogP contribution is -2.37. The minimum Gasteiger partial charge on any atom is -0.454 e. The number of aliphatic hydroxyl groups is 1. The number of rotatable bonds is 3. The van der Waals surface area contributed by atoms with Crippen molar-refractivity contribution in [1.29, 1.82) is 0 Å². The number of carbonyl (C=O) groups is 1. The van der Waals surface area contributed by atoms with Crippen LogP contribution in [0.5, 0.6) is 11.5 Å². The lowest BCUT2D eigenvalue weighted by Gasteiger charge is -2.21. The molecule has 7 heteroatoms. The number of aromatic nitrogens is 1. The summed E-state index contributed by atoms with van der Waals surface area (Å²) in [6.45, 7) is 3.12. The standard InChI is InChI=1S/C18H21N3O4/c22-14-10-20(9-13-3-4-16-17(8-13)25-12-24-16)6-7-21(11-14)18(23)15-2-1-5-19-15/h1-5,8,14,19,22H,6-7,9-12H2. The second-order valence-electron chi connectivity index (χ2n) is 6.41. The number of ether oxygens (including phenoxy) is 2. The molecule has 0 saturated carbocycles. The molecule has 0 radical (unpaired) electrons. The van der Waals surface area contributed by atoms with Crippen LogP contribution in [-0.4, -0.2) is 64.9 Å². The predicted octanol–water partition coefficient (Wildman–Crippen LogP) is 1.06. The molecule has 1 aromatic carbocycles. The van der Waals surface area contributed by atoms with E-state index in [9.17, 15) is 9.90 Å². The molecule has 2 aromatic rings. The Morgan fingerprint density at radius 1 is 1.20 bits per heavy atom. The van der Waals surface area contributed by atoms with Gasteiger partial charge in [0.25, 0.3) is 5.91 Å². The van der Waals surface area contributed by atoms with E-state index >= 15 is 0 Å². The number of nitrogens with one attached hydrogen (secondary N) is 1. The minimum absolute atomic E-state index is 0.0750. The number of amides is 1. The Kier molecular flexibility index (Phi) is 4.33. The monoisotopic (exact) mass is 343 g/mol. The maximum atomic E-state index is 12.5. The maximum Gasteiger partial charge on any atom is 0.270 e. The van der Waals surface area contributed by atoms with Gasteiger partial charge in [0.05, 0.1) is 6.10 Å². The molecule has 1 unspecified atom stereocenters. The van der Waals surface area contributed by atoms with Crippen LogP contribution in [0.15, 0.2) is 36.5 Å². The zero-order valence-corrected chi connectivity index (χ0v) is 13.9. The molecule has 3 heterocycles. The van der Waals surface area contributed by atoms with Gasteiger partial charge in [0.15, 0.2) is 11.5 Å². The summed E-state index contributed by atoms with van der Waals surface area (Å²) in [5.41, 5.74) is 1.65. The summed E-state index contributed by atoms with van der Waals surface area (Å²) in [5, 5.41) is 10.3. The van der Waals surface area contributed by atoms with Crippen LogP contribution < -0.4 is 9.47 Å².